The van der Waals surface area contributed by atoms with Crippen LogP contribution in [0.4, 0.5) is 0 Å². The number of amides is 1. The van der Waals surface area contributed by atoms with Crippen LogP contribution in [0.15, 0.2) is 36.4 Å². The van der Waals surface area contributed by atoms with Crippen LogP contribution in [-0.4, -0.2) is 32.3 Å². The van der Waals surface area contributed by atoms with Gasteiger partial charge < -0.3 is 24.3 Å². The number of hydrogen-bond acceptors (Lipinski definition) is 5. The molecule has 1 atom stereocenters. The van der Waals surface area contributed by atoms with E-state index in [0.29, 0.717) is 23.7 Å². The first kappa shape index (κ1) is 19.9. The van der Waals surface area contributed by atoms with E-state index in [4.69, 9.17) is 18.9 Å². The molecule has 28 heavy (non-hydrogen) atoms. The molecule has 3 rings (SSSR count). The molecule has 1 N–H and O–H groups in total. The second-order valence-corrected chi connectivity index (χ2v) is 7.56. The molecule has 0 radical (unpaired) electrons. The van der Waals surface area contributed by atoms with Crippen molar-refractivity contribution in [2.24, 2.45) is 0 Å². The van der Waals surface area contributed by atoms with Crippen molar-refractivity contribution in [2.75, 3.05) is 20.8 Å². The maximum Gasteiger partial charge on any atom is 0.258 e. The van der Waals surface area contributed by atoms with E-state index in [1.165, 1.54) is 0 Å². The van der Waals surface area contributed by atoms with E-state index in [9.17, 15) is 4.79 Å². The third-order valence-corrected chi connectivity index (χ3v) is 4.66. The lowest BCUT2D eigenvalue weighted by Crippen LogP contribution is -2.42. The van der Waals surface area contributed by atoms with Crippen molar-refractivity contribution in [2.45, 2.75) is 38.8 Å². The SMILES string of the molecule is COc1cc(OC)cc(OCC(=O)N[C@@H]2CC(C)(C)Oc3cc(C)ccc32)c1. The molecule has 1 amide bonds. The van der Waals surface area contributed by atoms with Gasteiger partial charge in [-0.25, -0.2) is 0 Å². The predicted octanol–water partition coefficient (Wildman–Crippen LogP) is 3.81. The maximum atomic E-state index is 12.5. The zero-order valence-corrected chi connectivity index (χ0v) is 17.0. The van der Waals surface area contributed by atoms with Gasteiger partial charge in [0.2, 0.25) is 0 Å². The first-order valence-corrected chi connectivity index (χ1v) is 9.24. The van der Waals surface area contributed by atoms with Crippen LogP contribution in [0.5, 0.6) is 23.0 Å². The Labute approximate surface area is 165 Å². The minimum Gasteiger partial charge on any atom is -0.496 e. The number of methoxy groups -OCH3 is 2. The molecule has 2 aromatic rings. The third kappa shape index (κ3) is 4.68. The van der Waals surface area contributed by atoms with E-state index in [0.717, 1.165) is 16.9 Å². The van der Waals surface area contributed by atoms with Crippen LogP contribution in [0.2, 0.25) is 0 Å². The Hall–Kier alpha value is -2.89. The summed E-state index contributed by atoms with van der Waals surface area (Å²) in [5.74, 6) is 2.33. The monoisotopic (exact) mass is 385 g/mol. The average Bonchev–Trinajstić information content (AvgIpc) is 2.64. The Bertz CT molecular complexity index is 840. The van der Waals surface area contributed by atoms with Crippen LogP contribution in [0.1, 0.15) is 37.4 Å². The fraction of sp³-hybridized carbons (Fsp3) is 0.409. The lowest BCUT2D eigenvalue weighted by atomic mass is 9.89. The highest BCUT2D eigenvalue weighted by molar-refractivity contribution is 5.78. The quantitative estimate of drug-likeness (QED) is 0.819. The summed E-state index contributed by atoms with van der Waals surface area (Å²) < 4.78 is 22.2. The minimum atomic E-state index is -0.361. The summed E-state index contributed by atoms with van der Waals surface area (Å²) in [4.78, 5) is 12.5. The van der Waals surface area contributed by atoms with E-state index in [1.807, 2.05) is 39.0 Å². The van der Waals surface area contributed by atoms with Crippen LogP contribution in [0.25, 0.3) is 0 Å². The van der Waals surface area contributed by atoms with Gasteiger partial charge in [-0.1, -0.05) is 12.1 Å². The lowest BCUT2D eigenvalue weighted by molar-refractivity contribution is -0.124. The number of rotatable bonds is 6. The van der Waals surface area contributed by atoms with Crippen molar-refractivity contribution >= 4 is 5.91 Å². The molecule has 1 aliphatic rings. The average molecular weight is 385 g/mol. The summed E-state index contributed by atoms with van der Waals surface area (Å²) in [7, 11) is 3.13. The van der Waals surface area contributed by atoms with Gasteiger partial charge in [-0.2, -0.15) is 0 Å². The summed E-state index contributed by atoms with van der Waals surface area (Å²) in [6, 6.07) is 11.1. The normalized spacial score (nSPS) is 17.1. The third-order valence-electron chi connectivity index (χ3n) is 4.66. The molecule has 0 unspecified atom stereocenters. The number of aryl methyl sites for hydroxylation is 1. The number of nitrogens with one attached hydrogen (secondary N) is 1. The molecule has 6 heteroatoms. The van der Waals surface area contributed by atoms with E-state index in [2.05, 4.69) is 5.32 Å². The van der Waals surface area contributed by atoms with Crippen LogP contribution in [0.3, 0.4) is 0 Å². The van der Waals surface area contributed by atoms with Gasteiger partial charge in [0.15, 0.2) is 6.61 Å². The van der Waals surface area contributed by atoms with Crippen molar-refractivity contribution in [3.8, 4) is 23.0 Å². The summed E-state index contributed by atoms with van der Waals surface area (Å²) in [5.41, 5.74) is 1.75. The number of hydrogen-bond donors (Lipinski definition) is 1. The molecule has 0 saturated carbocycles. The second kappa shape index (κ2) is 8.00. The molecule has 0 bridgehead atoms. The van der Waals surface area contributed by atoms with Gasteiger partial charge in [-0.15, -0.1) is 0 Å². The topological polar surface area (TPSA) is 66.0 Å². The molecular weight excluding hydrogens is 358 g/mol. The van der Waals surface area contributed by atoms with Gasteiger partial charge >= 0.3 is 0 Å². The second-order valence-electron chi connectivity index (χ2n) is 7.56. The summed E-state index contributed by atoms with van der Waals surface area (Å²) in [6.07, 6.45) is 0.682. The molecule has 2 aromatic carbocycles. The molecule has 0 aliphatic carbocycles. The molecule has 6 nitrogen and oxygen atoms in total. The Balaban J connectivity index is 1.68. The number of benzene rings is 2. The first-order chi connectivity index (χ1) is 13.3. The van der Waals surface area contributed by atoms with Gasteiger partial charge in [0.25, 0.3) is 5.91 Å². The molecule has 0 saturated heterocycles. The van der Waals surface area contributed by atoms with E-state index in [-0.39, 0.29) is 24.2 Å². The van der Waals surface area contributed by atoms with Gasteiger partial charge in [0, 0.05) is 30.2 Å². The summed E-state index contributed by atoms with van der Waals surface area (Å²) in [6.45, 7) is 5.97. The van der Waals surface area contributed by atoms with Crippen LogP contribution < -0.4 is 24.3 Å². The van der Waals surface area contributed by atoms with E-state index in [1.54, 1.807) is 32.4 Å². The predicted molar refractivity (Wildman–Crippen MR) is 106 cm³/mol. The smallest absolute Gasteiger partial charge is 0.258 e. The number of ether oxygens (including phenoxy) is 4. The zero-order chi connectivity index (χ0) is 20.3. The number of carbonyl (C=O) groups is 1. The van der Waals surface area contributed by atoms with Crippen LogP contribution in [-0.2, 0) is 4.79 Å². The molecule has 0 fully saturated rings. The molecule has 150 valence electrons. The van der Waals surface area contributed by atoms with E-state index < -0.39 is 0 Å². The standard InChI is InChI=1S/C22H27NO5/c1-14-6-7-18-19(12-22(2,3)28-20(18)8-14)23-21(24)13-27-17-10-15(25-4)9-16(11-17)26-5/h6-11,19H,12-13H2,1-5H3,(H,23,24)/t19-/m1/s1. The molecule has 1 aliphatic heterocycles. The highest BCUT2D eigenvalue weighted by Gasteiger charge is 2.34. The first-order valence-electron chi connectivity index (χ1n) is 9.24. The molecular formula is C22H27NO5. The fourth-order valence-electron chi connectivity index (χ4n) is 3.34. The van der Waals surface area contributed by atoms with Crippen molar-refractivity contribution in [3.05, 3.63) is 47.5 Å². The fourth-order valence-corrected chi connectivity index (χ4v) is 3.34. The van der Waals surface area contributed by atoms with Gasteiger partial charge in [-0.05, 0) is 32.4 Å². The molecule has 0 spiro atoms. The van der Waals surface area contributed by atoms with Crippen LogP contribution in [0, 0.1) is 6.92 Å². The van der Waals surface area contributed by atoms with E-state index >= 15 is 0 Å². The highest BCUT2D eigenvalue weighted by Crippen LogP contribution is 2.39. The Morgan fingerprint density at radius 3 is 2.39 bits per heavy atom. The van der Waals surface area contributed by atoms with Crippen molar-refractivity contribution in [3.63, 3.8) is 0 Å². The summed E-state index contributed by atoms with van der Waals surface area (Å²) >= 11 is 0. The Kier molecular flexibility index (Phi) is 5.68. The summed E-state index contributed by atoms with van der Waals surface area (Å²) in [5, 5.41) is 3.07. The minimum absolute atomic E-state index is 0.102. The highest BCUT2D eigenvalue weighted by atomic mass is 16.5. The van der Waals surface area contributed by atoms with Gasteiger partial charge in [0.1, 0.15) is 28.6 Å². The van der Waals surface area contributed by atoms with Crippen molar-refractivity contribution in [1.82, 2.24) is 5.32 Å². The lowest BCUT2D eigenvalue weighted by Gasteiger charge is -2.38. The molecule has 1 heterocycles. The molecule has 0 aromatic heterocycles. The zero-order valence-electron chi connectivity index (χ0n) is 17.0. The van der Waals surface area contributed by atoms with Crippen LogP contribution >= 0.6 is 0 Å². The van der Waals surface area contributed by atoms with Gasteiger partial charge in [-0.3, -0.25) is 4.79 Å². The van der Waals surface area contributed by atoms with Gasteiger partial charge in [0.05, 0.1) is 20.3 Å². The Morgan fingerprint density at radius 1 is 1.11 bits per heavy atom. The van der Waals surface area contributed by atoms with Crippen molar-refractivity contribution in [1.29, 1.82) is 0 Å². The maximum absolute atomic E-state index is 12.5. The number of carbonyl (C=O) groups excluding carboxylic acids is 1. The van der Waals surface area contributed by atoms with Crippen molar-refractivity contribution < 1.29 is 23.7 Å². The Morgan fingerprint density at radius 2 is 1.75 bits per heavy atom. The largest absolute Gasteiger partial charge is 0.496 e. The number of fused-ring (bicyclic) bond motifs is 1.